The summed E-state index contributed by atoms with van der Waals surface area (Å²) < 4.78 is 35.6. The van der Waals surface area contributed by atoms with E-state index < -0.39 is 37.1 Å². The van der Waals surface area contributed by atoms with Crippen molar-refractivity contribution >= 4 is 12.0 Å². The van der Waals surface area contributed by atoms with E-state index in [0.29, 0.717) is 19.4 Å². The standard InChI is InChI=1S/C10H15F3N2O3/c11-10(12,13)3-4-14-9(18)15-5-1-2-7(6-15)8(16)17/h7H,1-6H2,(H,14,18)(H,16,17)/t7-/m1/s1. The Morgan fingerprint density at radius 1 is 1.39 bits per heavy atom. The molecule has 1 aliphatic rings. The number of hydrogen-bond acceptors (Lipinski definition) is 2. The molecule has 0 unspecified atom stereocenters. The number of carbonyl (C=O) groups excluding carboxylic acids is 1. The zero-order valence-electron chi connectivity index (χ0n) is 9.66. The van der Waals surface area contributed by atoms with Gasteiger partial charge in [0.05, 0.1) is 12.3 Å². The Morgan fingerprint density at radius 2 is 2.06 bits per heavy atom. The van der Waals surface area contributed by atoms with E-state index >= 15 is 0 Å². The number of carboxylic acid groups (broad SMARTS) is 1. The molecule has 18 heavy (non-hydrogen) atoms. The fraction of sp³-hybridized carbons (Fsp3) is 0.800. The zero-order valence-corrected chi connectivity index (χ0v) is 9.66. The molecule has 8 heteroatoms. The largest absolute Gasteiger partial charge is 0.481 e. The van der Waals surface area contributed by atoms with Crippen LogP contribution >= 0.6 is 0 Å². The van der Waals surface area contributed by atoms with Crippen molar-refractivity contribution in [1.82, 2.24) is 10.2 Å². The van der Waals surface area contributed by atoms with Crippen molar-refractivity contribution in [2.75, 3.05) is 19.6 Å². The second-order valence-electron chi connectivity index (χ2n) is 4.22. The lowest BCUT2D eigenvalue weighted by Gasteiger charge is -2.30. The van der Waals surface area contributed by atoms with Gasteiger partial charge in [0.25, 0.3) is 0 Å². The minimum absolute atomic E-state index is 0.0488. The molecule has 0 aliphatic carbocycles. The number of halogens is 3. The molecule has 1 atom stereocenters. The number of piperidine rings is 1. The van der Waals surface area contributed by atoms with Gasteiger partial charge in [0.2, 0.25) is 0 Å². The summed E-state index contributed by atoms with van der Waals surface area (Å²) in [5, 5.41) is 11.0. The van der Waals surface area contributed by atoms with Crippen LogP contribution in [-0.4, -0.2) is 47.8 Å². The molecule has 104 valence electrons. The fourth-order valence-corrected chi connectivity index (χ4v) is 1.79. The molecule has 2 N–H and O–H groups in total. The third-order valence-corrected chi connectivity index (χ3v) is 2.74. The van der Waals surface area contributed by atoms with Crippen LogP contribution in [0, 0.1) is 5.92 Å². The highest BCUT2D eigenvalue weighted by atomic mass is 19.4. The molecule has 0 spiro atoms. The summed E-state index contributed by atoms with van der Waals surface area (Å²) in [6.45, 7) is -0.0641. The molecular formula is C10H15F3N2O3. The smallest absolute Gasteiger partial charge is 0.390 e. The van der Waals surface area contributed by atoms with E-state index in [0.717, 1.165) is 0 Å². The zero-order chi connectivity index (χ0) is 13.8. The lowest BCUT2D eigenvalue weighted by Crippen LogP contribution is -2.47. The normalized spacial score (nSPS) is 20.6. The molecular weight excluding hydrogens is 253 g/mol. The topological polar surface area (TPSA) is 69.6 Å². The molecule has 0 bridgehead atoms. The average molecular weight is 268 g/mol. The number of nitrogens with zero attached hydrogens (tertiary/aromatic N) is 1. The maximum atomic E-state index is 11.9. The predicted octanol–water partition coefficient (Wildman–Crippen LogP) is 1.45. The summed E-state index contributed by atoms with van der Waals surface area (Å²) in [5.41, 5.74) is 0. The number of aliphatic carboxylic acids is 1. The first-order valence-corrected chi connectivity index (χ1v) is 5.62. The predicted molar refractivity (Wildman–Crippen MR) is 56.0 cm³/mol. The molecule has 0 aromatic heterocycles. The molecule has 0 saturated carbocycles. The Morgan fingerprint density at radius 3 is 2.61 bits per heavy atom. The van der Waals surface area contributed by atoms with Crippen LogP contribution < -0.4 is 5.32 Å². The molecule has 0 aromatic carbocycles. The Bertz CT molecular complexity index is 320. The molecule has 0 radical (unpaired) electrons. The van der Waals surface area contributed by atoms with Gasteiger partial charge in [-0.05, 0) is 12.8 Å². The summed E-state index contributed by atoms with van der Waals surface area (Å²) in [4.78, 5) is 23.5. The SMILES string of the molecule is O=C(O)[C@@H]1CCCN(C(=O)NCCC(F)(F)F)C1. The van der Waals surface area contributed by atoms with Gasteiger partial charge in [-0.2, -0.15) is 13.2 Å². The van der Waals surface area contributed by atoms with Crippen molar-refractivity contribution in [2.45, 2.75) is 25.4 Å². The van der Waals surface area contributed by atoms with Gasteiger partial charge in [-0.25, -0.2) is 4.79 Å². The van der Waals surface area contributed by atoms with Crippen molar-refractivity contribution in [3.63, 3.8) is 0 Å². The van der Waals surface area contributed by atoms with E-state index in [4.69, 9.17) is 5.11 Å². The highest BCUT2D eigenvalue weighted by molar-refractivity contribution is 5.76. The van der Waals surface area contributed by atoms with Gasteiger partial charge in [0, 0.05) is 19.6 Å². The molecule has 5 nitrogen and oxygen atoms in total. The summed E-state index contributed by atoms with van der Waals surface area (Å²) in [6.07, 6.45) is -4.36. The number of likely N-dealkylation sites (tertiary alicyclic amines) is 1. The molecule has 1 fully saturated rings. The number of urea groups is 1. The van der Waals surface area contributed by atoms with Crippen LogP contribution in [0.4, 0.5) is 18.0 Å². The summed E-state index contributed by atoms with van der Waals surface area (Å²) in [5.74, 6) is -1.62. The maximum Gasteiger partial charge on any atom is 0.390 e. The highest BCUT2D eigenvalue weighted by Gasteiger charge is 2.29. The van der Waals surface area contributed by atoms with Gasteiger partial charge in [0.15, 0.2) is 0 Å². The van der Waals surface area contributed by atoms with Crippen molar-refractivity contribution in [3.8, 4) is 0 Å². The third kappa shape index (κ3) is 4.80. The van der Waals surface area contributed by atoms with Crippen LogP contribution in [0.25, 0.3) is 0 Å². The number of alkyl halides is 3. The average Bonchev–Trinajstić information content (AvgIpc) is 2.27. The Kier molecular flexibility index (Phi) is 4.80. The number of hydrogen-bond donors (Lipinski definition) is 2. The van der Waals surface area contributed by atoms with Crippen LogP contribution in [-0.2, 0) is 4.79 Å². The molecule has 2 amide bonds. The van der Waals surface area contributed by atoms with Gasteiger partial charge >= 0.3 is 18.2 Å². The van der Waals surface area contributed by atoms with Crippen molar-refractivity contribution < 1.29 is 27.9 Å². The number of carboxylic acids is 1. The van der Waals surface area contributed by atoms with Gasteiger partial charge in [-0.3, -0.25) is 4.79 Å². The number of carbonyl (C=O) groups is 2. The summed E-state index contributed by atoms with van der Waals surface area (Å²) in [6, 6.07) is -0.634. The number of rotatable bonds is 3. The summed E-state index contributed by atoms with van der Waals surface area (Å²) >= 11 is 0. The molecule has 0 aromatic rings. The lowest BCUT2D eigenvalue weighted by atomic mass is 9.99. The quantitative estimate of drug-likeness (QED) is 0.813. The van der Waals surface area contributed by atoms with Crippen LogP contribution in [0.15, 0.2) is 0 Å². The Labute approximate surface area is 102 Å². The van der Waals surface area contributed by atoms with Gasteiger partial charge in [-0.1, -0.05) is 0 Å². The maximum absolute atomic E-state index is 11.9. The van der Waals surface area contributed by atoms with Crippen LogP contribution in [0.1, 0.15) is 19.3 Å². The second kappa shape index (κ2) is 5.92. The molecule has 1 heterocycles. The van der Waals surface area contributed by atoms with E-state index in [2.05, 4.69) is 5.32 Å². The number of nitrogens with one attached hydrogen (secondary N) is 1. The lowest BCUT2D eigenvalue weighted by molar-refractivity contribution is -0.143. The first-order valence-electron chi connectivity index (χ1n) is 5.62. The summed E-state index contributed by atoms with van der Waals surface area (Å²) in [7, 11) is 0. The van der Waals surface area contributed by atoms with E-state index in [1.54, 1.807) is 0 Å². The molecule has 1 aliphatic heterocycles. The van der Waals surface area contributed by atoms with E-state index in [9.17, 15) is 22.8 Å². The van der Waals surface area contributed by atoms with Gasteiger partial charge < -0.3 is 15.3 Å². The minimum Gasteiger partial charge on any atom is -0.481 e. The Balaban J connectivity index is 2.35. The monoisotopic (exact) mass is 268 g/mol. The first-order chi connectivity index (χ1) is 8.29. The third-order valence-electron chi connectivity index (χ3n) is 2.74. The second-order valence-corrected chi connectivity index (χ2v) is 4.22. The van der Waals surface area contributed by atoms with Crippen LogP contribution in [0.2, 0.25) is 0 Å². The van der Waals surface area contributed by atoms with Crippen LogP contribution in [0.5, 0.6) is 0 Å². The molecule has 1 saturated heterocycles. The van der Waals surface area contributed by atoms with Crippen molar-refractivity contribution in [2.24, 2.45) is 5.92 Å². The van der Waals surface area contributed by atoms with Crippen molar-refractivity contribution in [1.29, 1.82) is 0 Å². The van der Waals surface area contributed by atoms with E-state index in [-0.39, 0.29) is 6.54 Å². The van der Waals surface area contributed by atoms with E-state index in [1.165, 1.54) is 4.90 Å². The van der Waals surface area contributed by atoms with Crippen molar-refractivity contribution in [3.05, 3.63) is 0 Å². The fourth-order valence-electron chi connectivity index (χ4n) is 1.79. The Hall–Kier alpha value is -1.47. The number of amides is 2. The first kappa shape index (κ1) is 14.6. The van der Waals surface area contributed by atoms with Gasteiger partial charge in [-0.15, -0.1) is 0 Å². The van der Waals surface area contributed by atoms with Crippen LogP contribution in [0.3, 0.4) is 0 Å². The van der Waals surface area contributed by atoms with Gasteiger partial charge in [0.1, 0.15) is 0 Å². The van der Waals surface area contributed by atoms with E-state index in [1.807, 2.05) is 0 Å². The molecule has 1 rings (SSSR count). The minimum atomic E-state index is -4.31. The highest BCUT2D eigenvalue weighted by Crippen LogP contribution is 2.19.